The molecule has 0 atom stereocenters. The summed E-state index contributed by atoms with van der Waals surface area (Å²) in [7, 11) is 1.42. The molecule has 4 nitrogen and oxygen atoms in total. The molecule has 0 fully saturated rings. The lowest BCUT2D eigenvalue weighted by Crippen LogP contribution is -2.14. The Morgan fingerprint density at radius 3 is 2.79 bits per heavy atom. The first-order valence-corrected chi connectivity index (χ1v) is 4.69. The third-order valence-electron chi connectivity index (χ3n) is 1.77. The van der Waals surface area contributed by atoms with Gasteiger partial charge >= 0.3 is 0 Å². The number of aromatic hydroxyl groups is 1. The number of hydrogen-bond donors (Lipinski definition) is 2. The van der Waals surface area contributed by atoms with Crippen molar-refractivity contribution in [2.24, 2.45) is 5.73 Å². The number of nitrogens with two attached hydrogens (primary N) is 1. The van der Waals surface area contributed by atoms with Gasteiger partial charge in [0.1, 0.15) is 16.0 Å². The maximum atomic E-state index is 11.3. The average Bonchev–Trinajstić information content (AvgIpc) is 2.20. The minimum atomic E-state index is -0.234. The Balaban J connectivity index is 3.31. The van der Waals surface area contributed by atoms with Crippen LogP contribution in [-0.4, -0.2) is 24.5 Å². The van der Waals surface area contributed by atoms with E-state index in [4.69, 9.17) is 10.5 Å². The highest BCUT2D eigenvalue weighted by Gasteiger charge is 2.15. The lowest BCUT2D eigenvalue weighted by molar-refractivity contribution is 0.0998. The SMILES string of the molecule is COc1c(C(=O)CN)ccc(O)c1Br. The normalized spacial score (nSPS) is 9.93. The Kier molecular flexibility index (Phi) is 3.49. The van der Waals surface area contributed by atoms with E-state index in [1.165, 1.54) is 19.2 Å². The van der Waals surface area contributed by atoms with Crippen molar-refractivity contribution in [3.8, 4) is 11.5 Å². The van der Waals surface area contributed by atoms with Gasteiger partial charge in [-0.1, -0.05) is 0 Å². The van der Waals surface area contributed by atoms with Crippen LogP contribution in [0.4, 0.5) is 0 Å². The first kappa shape index (κ1) is 11.0. The minimum Gasteiger partial charge on any atom is -0.507 e. The minimum absolute atomic E-state index is 0.0235. The number of ketones is 1. The van der Waals surface area contributed by atoms with E-state index in [0.717, 1.165) is 0 Å². The lowest BCUT2D eigenvalue weighted by atomic mass is 10.1. The van der Waals surface area contributed by atoms with Crippen LogP contribution in [0.3, 0.4) is 0 Å². The number of hydrogen-bond acceptors (Lipinski definition) is 4. The molecule has 14 heavy (non-hydrogen) atoms. The number of phenolic OH excluding ortho intramolecular Hbond substituents is 1. The summed E-state index contributed by atoms with van der Waals surface area (Å²) in [5.74, 6) is 0.0958. The fourth-order valence-electron chi connectivity index (χ4n) is 1.07. The maximum Gasteiger partial charge on any atom is 0.180 e. The van der Waals surface area contributed by atoms with E-state index in [1.54, 1.807) is 0 Å². The fraction of sp³-hybridized carbons (Fsp3) is 0.222. The highest BCUT2D eigenvalue weighted by atomic mass is 79.9. The maximum absolute atomic E-state index is 11.3. The summed E-state index contributed by atoms with van der Waals surface area (Å²) < 4.78 is 5.36. The summed E-state index contributed by atoms with van der Waals surface area (Å²) in [4.78, 5) is 11.3. The van der Waals surface area contributed by atoms with Gasteiger partial charge in [-0.05, 0) is 28.1 Å². The number of carbonyl (C=O) groups excluding carboxylic acids is 1. The molecule has 3 N–H and O–H groups in total. The van der Waals surface area contributed by atoms with Crippen molar-refractivity contribution < 1.29 is 14.6 Å². The Morgan fingerprint density at radius 1 is 1.64 bits per heavy atom. The molecule has 0 radical (unpaired) electrons. The molecule has 1 rings (SSSR count). The molecular formula is C9H10BrNO3. The topological polar surface area (TPSA) is 72.5 Å². The molecule has 0 aliphatic rings. The number of methoxy groups -OCH3 is 1. The van der Waals surface area contributed by atoms with Gasteiger partial charge in [0.25, 0.3) is 0 Å². The second-order valence-electron chi connectivity index (χ2n) is 2.61. The molecule has 0 spiro atoms. The smallest absolute Gasteiger partial charge is 0.180 e. The van der Waals surface area contributed by atoms with Gasteiger partial charge in [-0.15, -0.1) is 0 Å². The van der Waals surface area contributed by atoms with Crippen LogP contribution >= 0.6 is 15.9 Å². The summed E-state index contributed by atoms with van der Waals surface area (Å²) in [6, 6.07) is 2.89. The molecule has 0 aliphatic heterocycles. The number of halogens is 1. The van der Waals surface area contributed by atoms with Gasteiger partial charge in [-0.25, -0.2) is 0 Å². The lowest BCUT2D eigenvalue weighted by Gasteiger charge is -2.09. The quantitative estimate of drug-likeness (QED) is 0.803. The molecule has 0 unspecified atom stereocenters. The molecule has 0 saturated carbocycles. The predicted octanol–water partition coefficient (Wildman–Crippen LogP) is 1.30. The van der Waals surface area contributed by atoms with Gasteiger partial charge in [-0.3, -0.25) is 4.79 Å². The fourth-order valence-corrected chi connectivity index (χ4v) is 1.58. The van der Waals surface area contributed by atoms with E-state index in [2.05, 4.69) is 15.9 Å². The Labute approximate surface area is 89.8 Å². The average molecular weight is 260 g/mol. The van der Waals surface area contributed by atoms with E-state index in [-0.39, 0.29) is 18.1 Å². The molecule has 1 aromatic rings. The Morgan fingerprint density at radius 2 is 2.29 bits per heavy atom. The van der Waals surface area contributed by atoms with Gasteiger partial charge < -0.3 is 15.6 Å². The van der Waals surface area contributed by atoms with Crippen molar-refractivity contribution in [1.82, 2.24) is 0 Å². The van der Waals surface area contributed by atoms with Crippen LogP contribution in [0.15, 0.2) is 16.6 Å². The van der Waals surface area contributed by atoms with Crippen LogP contribution in [0.2, 0.25) is 0 Å². The monoisotopic (exact) mass is 259 g/mol. The number of ether oxygens (including phenoxy) is 1. The summed E-state index contributed by atoms with van der Waals surface area (Å²) in [5.41, 5.74) is 5.59. The van der Waals surface area contributed by atoms with Crippen LogP contribution in [0.25, 0.3) is 0 Å². The molecule has 0 bridgehead atoms. The van der Waals surface area contributed by atoms with Gasteiger partial charge in [0.15, 0.2) is 5.78 Å². The van der Waals surface area contributed by atoms with Crippen molar-refractivity contribution in [1.29, 1.82) is 0 Å². The molecule has 1 aromatic carbocycles. The zero-order valence-corrected chi connectivity index (χ0v) is 9.17. The molecule has 5 heteroatoms. The number of rotatable bonds is 3. The van der Waals surface area contributed by atoms with Gasteiger partial charge in [0.05, 0.1) is 19.2 Å². The zero-order valence-electron chi connectivity index (χ0n) is 7.58. The van der Waals surface area contributed by atoms with Crippen LogP contribution in [-0.2, 0) is 0 Å². The second kappa shape index (κ2) is 4.43. The molecule has 0 aliphatic carbocycles. The molecule has 0 heterocycles. The van der Waals surface area contributed by atoms with Gasteiger partial charge in [0, 0.05) is 0 Å². The Hall–Kier alpha value is -1.07. The summed E-state index contributed by atoms with van der Waals surface area (Å²) in [6.45, 7) is -0.0897. The standard InChI is InChI=1S/C9H10BrNO3/c1-14-9-5(7(13)4-11)2-3-6(12)8(9)10/h2-3,12H,4,11H2,1H3. The summed E-state index contributed by atoms with van der Waals surface area (Å²) >= 11 is 3.12. The van der Waals surface area contributed by atoms with Crippen LogP contribution in [0.1, 0.15) is 10.4 Å². The van der Waals surface area contributed by atoms with Crippen LogP contribution < -0.4 is 10.5 Å². The van der Waals surface area contributed by atoms with Crippen LogP contribution in [0, 0.1) is 0 Å². The largest absolute Gasteiger partial charge is 0.507 e. The third kappa shape index (κ3) is 1.88. The van der Waals surface area contributed by atoms with E-state index in [1.807, 2.05) is 0 Å². The number of phenols is 1. The predicted molar refractivity (Wildman–Crippen MR) is 55.7 cm³/mol. The highest BCUT2D eigenvalue weighted by Crippen LogP contribution is 2.36. The molecule has 0 amide bonds. The summed E-state index contributed by atoms with van der Waals surface area (Å²) in [5, 5.41) is 9.34. The zero-order chi connectivity index (χ0) is 10.7. The number of carbonyl (C=O) groups is 1. The molecule has 0 aromatic heterocycles. The first-order chi connectivity index (χ1) is 6.61. The molecular weight excluding hydrogens is 250 g/mol. The van der Waals surface area contributed by atoms with E-state index in [9.17, 15) is 9.90 Å². The Bertz CT molecular complexity index is 365. The van der Waals surface area contributed by atoms with Crippen LogP contribution in [0.5, 0.6) is 11.5 Å². The van der Waals surface area contributed by atoms with Gasteiger partial charge in [-0.2, -0.15) is 0 Å². The van der Waals surface area contributed by atoms with E-state index < -0.39 is 0 Å². The first-order valence-electron chi connectivity index (χ1n) is 3.90. The van der Waals surface area contributed by atoms with E-state index in [0.29, 0.717) is 15.8 Å². The number of Topliss-reactive ketones (excluding diaryl/α,β-unsaturated/α-hetero) is 1. The van der Waals surface area contributed by atoms with Crippen molar-refractivity contribution in [2.45, 2.75) is 0 Å². The molecule has 76 valence electrons. The second-order valence-corrected chi connectivity index (χ2v) is 3.40. The molecule has 0 saturated heterocycles. The van der Waals surface area contributed by atoms with Crippen molar-refractivity contribution in [2.75, 3.05) is 13.7 Å². The van der Waals surface area contributed by atoms with Crippen molar-refractivity contribution in [3.05, 3.63) is 22.2 Å². The third-order valence-corrected chi connectivity index (χ3v) is 2.53. The van der Waals surface area contributed by atoms with Crippen molar-refractivity contribution in [3.63, 3.8) is 0 Å². The van der Waals surface area contributed by atoms with Gasteiger partial charge in [0.2, 0.25) is 0 Å². The number of benzene rings is 1. The highest BCUT2D eigenvalue weighted by molar-refractivity contribution is 9.10. The van der Waals surface area contributed by atoms with Crippen molar-refractivity contribution >= 4 is 21.7 Å². The summed E-state index contributed by atoms with van der Waals surface area (Å²) in [6.07, 6.45) is 0. The van der Waals surface area contributed by atoms with E-state index >= 15 is 0 Å².